The zero-order valence-corrected chi connectivity index (χ0v) is 16.2. The fourth-order valence-electron chi connectivity index (χ4n) is 2.88. The zero-order valence-electron chi connectivity index (χ0n) is 15.3. The molecule has 0 spiro atoms. The van der Waals surface area contributed by atoms with Crippen molar-refractivity contribution < 1.29 is 9.18 Å². The van der Waals surface area contributed by atoms with Crippen LogP contribution in [-0.4, -0.2) is 31.4 Å². The van der Waals surface area contributed by atoms with Gasteiger partial charge in [-0.05, 0) is 30.7 Å². The minimum absolute atomic E-state index is 0.0493. The van der Waals surface area contributed by atoms with Crippen LogP contribution < -0.4 is 10.9 Å². The minimum atomic E-state index is -0.514. The third-order valence-electron chi connectivity index (χ3n) is 4.29. The topological polar surface area (TPSA) is 92.7 Å². The Kier molecular flexibility index (Phi) is 5.13. The number of aromatic amines is 1. The zero-order chi connectivity index (χ0) is 20.4. The number of H-pyrrole nitrogens is 1. The third-order valence-corrected chi connectivity index (χ3v) is 5.23. The van der Waals surface area contributed by atoms with Gasteiger partial charge in [0.05, 0.1) is 23.3 Å². The average Bonchev–Trinajstić information content (AvgIpc) is 3.18. The van der Waals surface area contributed by atoms with Gasteiger partial charge in [0.25, 0.3) is 5.56 Å². The highest BCUT2D eigenvalue weighted by Crippen LogP contribution is 2.23. The molecule has 0 saturated heterocycles. The first-order valence-electron chi connectivity index (χ1n) is 8.74. The van der Waals surface area contributed by atoms with Gasteiger partial charge in [-0.2, -0.15) is 5.10 Å². The number of nitrogens with one attached hydrogen (secondary N) is 2. The maximum Gasteiger partial charge on any atom is 0.269 e. The first-order chi connectivity index (χ1) is 14.0. The summed E-state index contributed by atoms with van der Waals surface area (Å²) in [4.78, 5) is 29.8. The largest absolute Gasteiger partial charge is 0.323 e. The lowest BCUT2D eigenvalue weighted by atomic mass is 10.2. The predicted octanol–water partition coefficient (Wildman–Crippen LogP) is 3.29. The number of carbonyl (C=O) groups excluding carboxylic acids is 1. The van der Waals surface area contributed by atoms with Crippen LogP contribution in [0.2, 0.25) is 0 Å². The first kappa shape index (κ1) is 18.9. The lowest BCUT2D eigenvalue weighted by Crippen LogP contribution is -2.23. The van der Waals surface area contributed by atoms with Crippen molar-refractivity contribution in [3.8, 4) is 5.69 Å². The summed E-state index contributed by atoms with van der Waals surface area (Å²) in [5.41, 5.74) is 1.72. The van der Waals surface area contributed by atoms with Crippen LogP contribution >= 0.6 is 11.8 Å². The molecule has 0 fully saturated rings. The molecule has 4 rings (SSSR count). The van der Waals surface area contributed by atoms with Crippen molar-refractivity contribution in [1.82, 2.24) is 19.7 Å². The molecule has 2 heterocycles. The monoisotopic (exact) mass is 409 g/mol. The van der Waals surface area contributed by atoms with Gasteiger partial charge in [-0.3, -0.25) is 19.3 Å². The second kappa shape index (κ2) is 7.88. The van der Waals surface area contributed by atoms with E-state index in [0.29, 0.717) is 21.9 Å². The molecule has 1 amide bonds. The summed E-state index contributed by atoms with van der Waals surface area (Å²) >= 11 is 1.09. The molecule has 146 valence electrons. The molecule has 2 aromatic carbocycles. The normalized spacial score (nSPS) is 11.0. The number of rotatable bonds is 5. The Bertz CT molecular complexity index is 1270. The third kappa shape index (κ3) is 3.77. The van der Waals surface area contributed by atoms with Crippen LogP contribution in [0.3, 0.4) is 0 Å². The number of aryl methyl sites for hydroxylation is 1. The van der Waals surface area contributed by atoms with Gasteiger partial charge < -0.3 is 5.32 Å². The maximum absolute atomic E-state index is 13.7. The highest BCUT2D eigenvalue weighted by molar-refractivity contribution is 7.99. The summed E-state index contributed by atoms with van der Waals surface area (Å²) in [5.74, 6) is -0.971. The summed E-state index contributed by atoms with van der Waals surface area (Å²) in [6, 6.07) is 13.3. The number of fused-ring (bicyclic) bond motifs is 1. The van der Waals surface area contributed by atoms with Crippen LogP contribution in [0.5, 0.6) is 0 Å². The van der Waals surface area contributed by atoms with E-state index < -0.39 is 11.7 Å². The van der Waals surface area contributed by atoms with Gasteiger partial charge in [0, 0.05) is 0 Å². The van der Waals surface area contributed by atoms with E-state index in [0.717, 1.165) is 17.3 Å². The van der Waals surface area contributed by atoms with Crippen molar-refractivity contribution in [2.45, 2.75) is 12.1 Å². The number of amides is 1. The highest BCUT2D eigenvalue weighted by atomic mass is 32.2. The fraction of sp³-hybridized carbons (Fsp3) is 0.100. The molecule has 2 aromatic heterocycles. The van der Waals surface area contributed by atoms with E-state index in [1.165, 1.54) is 22.9 Å². The van der Waals surface area contributed by atoms with Crippen LogP contribution in [0, 0.1) is 12.7 Å². The van der Waals surface area contributed by atoms with Crippen LogP contribution in [0.4, 0.5) is 10.1 Å². The molecule has 0 saturated carbocycles. The second-order valence-corrected chi connectivity index (χ2v) is 7.21. The number of halogens is 1. The number of benzene rings is 2. The molecule has 0 aliphatic heterocycles. The van der Waals surface area contributed by atoms with Crippen molar-refractivity contribution >= 4 is 34.4 Å². The van der Waals surface area contributed by atoms with Gasteiger partial charge in [0.2, 0.25) is 5.91 Å². The van der Waals surface area contributed by atoms with Crippen molar-refractivity contribution in [1.29, 1.82) is 0 Å². The summed E-state index contributed by atoms with van der Waals surface area (Å²) in [6.45, 7) is 1.89. The number of aromatic nitrogens is 4. The Morgan fingerprint density at radius 1 is 1.21 bits per heavy atom. The number of carbonyl (C=O) groups is 1. The lowest BCUT2D eigenvalue weighted by molar-refractivity contribution is -0.113. The van der Waals surface area contributed by atoms with E-state index in [4.69, 9.17) is 0 Å². The van der Waals surface area contributed by atoms with Gasteiger partial charge in [0.15, 0.2) is 10.8 Å². The number of thioether (sulfide) groups is 1. The van der Waals surface area contributed by atoms with Gasteiger partial charge in [-0.1, -0.05) is 42.1 Å². The highest BCUT2D eigenvalue weighted by Gasteiger charge is 2.17. The van der Waals surface area contributed by atoms with Gasteiger partial charge in [-0.15, -0.1) is 0 Å². The molecule has 0 aliphatic carbocycles. The van der Waals surface area contributed by atoms with Gasteiger partial charge in [0.1, 0.15) is 11.2 Å². The molecular weight excluding hydrogens is 393 g/mol. The van der Waals surface area contributed by atoms with Crippen molar-refractivity contribution in [3.05, 3.63) is 76.5 Å². The lowest BCUT2D eigenvalue weighted by Gasteiger charge is -2.14. The Labute approximate surface area is 169 Å². The van der Waals surface area contributed by atoms with E-state index in [9.17, 15) is 14.0 Å². The Hall–Kier alpha value is -3.46. The number of para-hydroxylation sites is 2. The molecule has 7 nitrogen and oxygen atoms in total. The van der Waals surface area contributed by atoms with Crippen molar-refractivity contribution in [3.63, 3.8) is 0 Å². The minimum Gasteiger partial charge on any atom is -0.323 e. The fourth-order valence-corrected chi connectivity index (χ4v) is 3.68. The molecule has 4 aromatic rings. The summed E-state index contributed by atoms with van der Waals surface area (Å²) in [5, 5.41) is 9.80. The van der Waals surface area contributed by atoms with Crippen molar-refractivity contribution in [2.24, 2.45) is 0 Å². The molecule has 2 N–H and O–H groups in total. The Morgan fingerprint density at radius 3 is 2.76 bits per heavy atom. The Balaban J connectivity index is 1.67. The van der Waals surface area contributed by atoms with E-state index in [2.05, 4.69) is 20.5 Å². The van der Waals surface area contributed by atoms with Crippen LogP contribution in [-0.2, 0) is 4.79 Å². The van der Waals surface area contributed by atoms with Crippen LogP contribution in [0.15, 0.2) is 64.7 Å². The number of nitrogens with zero attached hydrogens (tertiary/aromatic N) is 3. The van der Waals surface area contributed by atoms with E-state index in [1.807, 2.05) is 31.2 Å². The number of hydrogen-bond acceptors (Lipinski definition) is 5. The quantitative estimate of drug-likeness (QED) is 0.390. The first-order valence-corrected chi connectivity index (χ1v) is 9.72. The standard InChI is InChI=1S/C20H16FN5O2S/c1-12-6-2-5-9-16(12)26-19(28)13-10-22-25-18(13)24-20(26)29-11-17(27)23-15-8-4-3-7-14(15)21/h2-10H,11H2,1H3,(H,22,25)(H,23,27). The number of anilines is 1. The van der Waals surface area contributed by atoms with E-state index >= 15 is 0 Å². The van der Waals surface area contributed by atoms with Crippen molar-refractivity contribution in [2.75, 3.05) is 11.1 Å². The average molecular weight is 409 g/mol. The molecule has 0 unspecified atom stereocenters. The predicted molar refractivity (Wildman–Crippen MR) is 110 cm³/mol. The second-order valence-electron chi connectivity index (χ2n) is 6.27. The number of hydrogen-bond donors (Lipinski definition) is 2. The van der Waals surface area contributed by atoms with Crippen LogP contribution in [0.25, 0.3) is 16.7 Å². The molecule has 0 bridgehead atoms. The molecular formula is C20H16FN5O2S. The summed E-state index contributed by atoms with van der Waals surface area (Å²) < 4.78 is 15.2. The van der Waals surface area contributed by atoms with E-state index in [-0.39, 0.29) is 17.0 Å². The molecule has 0 radical (unpaired) electrons. The van der Waals surface area contributed by atoms with Crippen LogP contribution in [0.1, 0.15) is 5.56 Å². The summed E-state index contributed by atoms with van der Waals surface area (Å²) in [6.07, 6.45) is 1.43. The smallest absolute Gasteiger partial charge is 0.269 e. The SMILES string of the molecule is Cc1ccccc1-n1c(SCC(=O)Nc2ccccc2F)nc2[nH]ncc2c1=O. The molecule has 0 aliphatic rings. The molecule has 0 atom stereocenters. The van der Waals surface area contributed by atoms with Gasteiger partial charge in [-0.25, -0.2) is 9.37 Å². The maximum atomic E-state index is 13.7. The molecule has 29 heavy (non-hydrogen) atoms. The van der Waals surface area contributed by atoms with Gasteiger partial charge >= 0.3 is 0 Å². The molecule has 9 heteroatoms. The summed E-state index contributed by atoms with van der Waals surface area (Å²) in [7, 11) is 0. The van der Waals surface area contributed by atoms with E-state index in [1.54, 1.807) is 12.1 Å². The Morgan fingerprint density at radius 2 is 1.97 bits per heavy atom.